The number of fused-ring (bicyclic) bond motifs is 1. The molecule has 1 amide bonds. The van der Waals surface area contributed by atoms with Crippen LogP contribution in [-0.2, 0) is 17.9 Å². The van der Waals surface area contributed by atoms with Crippen molar-refractivity contribution in [3.05, 3.63) is 53.5 Å². The molecule has 10 heteroatoms. The molecule has 0 unspecified atom stereocenters. The molecular weight excluding hydrogens is 358 g/mol. The summed E-state index contributed by atoms with van der Waals surface area (Å²) < 4.78 is 29.7. The minimum absolute atomic E-state index is 0.0652. The summed E-state index contributed by atoms with van der Waals surface area (Å²) in [7, 11) is 0. The molecule has 2 aromatic heterocycles. The van der Waals surface area contributed by atoms with Crippen molar-refractivity contribution in [3.63, 3.8) is 0 Å². The molecule has 0 radical (unpaired) electrons. The van der Waals surface area contributed by atoms with E-state index in [2.05, 4.69) is 25.7 Å². The molecule has 0 spiro atoms. The van der Waals surface area contributed by atoms with E-state index >= 15 is 0 Å². The topological polar surface area (TPSA) is 102 Å². The number of aldehydes is 1. The number of anilines is 2. The first-order chi connectivity index (χ1) is 13.1. The molecule has 27 heavy (non-hydrogen) atoms. The molecule has 8 nitrogen and oxygen atoms in total. The summed E-state index contributed by atoms with van der Waals surface area (Å²) in [5, 5.41) is 9.50. The van der Waals surface area contributed by atoms with Crippen LogP contribution in [0.2, 0.25) is 0 Å². The second kappa shape index (κ2) is 6.56. The van der Waals surface area contributed by atoms with Gasteiger partial charge in [-0.15, -0.1) is 0 Å². The summed E-state index contributed by atoms with van der Waals surface area (Å²) >= 11 is 0. The number of hydrogen-bond acceptors (Lipinski definition) is 6. The lowest BCUT2D eigenvalue weighted by Crippen LogP contribution is -2.14. The number of amides is 1. The van der Waals surface area contributed by atoms with E-state index in [9.17, 15) is 18.4 Å². The van der Waals surface area contributed by atoms with E-state index in [1.54, 1.807) is 6.20 Å². The number of nitrogens with zero attached hydrogens (tertiary/aromatic N) is 4. The van der Waals surface area contributed by atoms with Crippen LogP contribution >= 0.6 is 0 Å². The highest BCUT2D eigenvalue weighted by molar-refractivity contribution is 6.03. The van der Waals surface area contributed by atoms with E-state index in [4.69, 9.17) is 0 Å². The zero-order valence-corrected chi connectivity index (χ0v) is 13.7. The third-order valence-corrected chi connectivity index (χ3v) is 3.97. The fraction of sp³-hybridized carbons (Fsp3) is 0.118. The highest BCUT2D eigenvalue weighted by Crippen LogP contribution is 2.30. The van der Waals surface area contributed by atoms with Crippen molar-refractivity contribution in [2.24, 2.45) is 0 Å². The average Bonchev–Trinajstić information content (AvgIpc) is 3.22. The first-order valence-corrected chi connectivity index (χ1v) is 7.93. The molecule has 0 atom stereocenters. The van der Waals surface area contributed by atoms with Gasteiger partial charge < -0.3 is 15.4 Å². The van der Waals surface area contributed by atoms with E-state index in [1.165, 1.54) is 16.9 Å². The van der Waals surface area contributed by atoms with Crippen molar-refractivity contribution < 1.29 is 18.4 Å². The van der Waals surface area contributed by atoms with Crippen molar-refractivity contribution >= 4 is 23.7 Å². The van der Waals surface area contributed by atoms with Crippen LogP contribution in [0.15, 0.2) is 30.6 Å². The first kappa shape index (κ1) is 16.8. The van der Waals surface area contributed by atoms with Crippen molar-refractivity contribution in [2.75, 3.05) is 5.32 Å². The molecule has 0 fully saturated rings. The van der Waals surface area contributed by atoms with Gasteiger partial charge in [0.15, 0.2) is 5.82 Å². The largest absolute Gasteiger partial charge is 0.346 e. The van der Waals surface area contributed by atoms with Crippen LogP contribution in [0, 0.1) is 11.6 Å². The van der Waals surface area contributed by atoms with Crippen molar-refractivity contribution in [1.82, 2.24) is 25.1 Å². The van der Waals surface area contributed by atoms with Gasteiger partial charge in [0.25, 0.3) is 5.91 Å². The summed E-state index contributed by atoms with van der Waals surface area (Å²) in [5.74, 6) is -2.09. The fourth-order valence-electron chi connectivity index (χ4n) is 2.78. The lowest BCUT2D eigenvalue weighted by atomic mass is 10.1. The van der Waals surface area contributed by atoms with E-state index in [1.807, 2.05) is 0 Å². The Bertz CT molecular complexity index is 1050. The maximum atomic E-state index is 14.1. The summed E-state index contributed by atoms with van der Waals surface area (Å²) in [6.45, 7) is 0.189. The number of carbonyl (C=O) groups excluding carboxylic acids is 2. The molecule has 0 aliphatic carbocycles. The Hall–Kier alpha value is -3.69. The van der Waals surface area contributed by atoms with Crippen molar-refractivity contribution in [1.29, 1.82) is 0 Å². The van der Waals surface area contributed by atoms with Gasteiger partial charge in [-0.05, 0) is 12.1 Å². The predicted octanol–water partition coefficient (Wildman–Crippen LogP) is 1.80. The highest BCUT2D eigenvalue weighted by Gasteiger charge is 2.28. The summed E-state index contributed by atoms with van der Waals surface area (Å²) in [6.07, 6.45) is 3.67. The number of nitrogens with one attached hydrogen (secondary N) is 2. The lowest BCUT2D eigenvalue weighted by Gasteiger charge is -2.10. The van der Waals surface area contributed by atoms with Crippen LogP contribution in [0.5, 0.6) is 0 Å². The maximum absolute atomic E-state index is 14.1. The zero-order chi connectivity index (χ0) is 19.0. The van der Waals surface area contributed by atoms with Gasteiger partial charge in [0.05, 0.1) is 36.2 Å². The van der Waals surface area contributed by atoms with Gasteiger partial charge in [-0.3, -0.25) is 9.48 Å². The highest BCUT2D eigenvalue weighted by atomic mass is 19.1. The number of hydrogen-bond donors (Lipinski definition) is 2. The standard InChI is InChI=1S/C17H12F2N6O2/c18-10-2-1-3-11(19)13(10)15-23-12-7-20-17(27)14(12)16(24-15)22-9-6-21-25(8-9)4-5-26/h1-3,5-6,8H,4,7H2,(H,20,27)(H,22,23,24). The van der Waals surface area contributed by atoms with Gasteiger partial charge >= 0.3 is 0 Å². The smallest absolute Gasteiger partial charge is 0.257 e. The Morgan fingerprint density at radius 3 is 2.74 bits per heavy atom. The lowest BCUT2D eigenvalue weighted by molar-refractivity contribution is -0.108. The number of aromatic nitrogens is 4. The molecule has 3 heterocycles. The van der Waals surface area contributed by atoms with E-state index < -0.39 is 17.5 Å². The van der Waals surface area contributed by atoms with Crippen LogP contribution in [-0.4, -0.2) is 31.9 Å². The van der Waals surface area contributed by atoms with Crippen LogP contribution < -0.4 is 10.6 Å². The van der Waals surface area contributed by atoms with Gasteiger partial charge in [0.1, 0.15) is 29.3 Å². The van der Waals surface area contributed by atoms with E-state index in [0.717, 1.165) is 12.1 Å². The van der Waals surface area contributed by atoms with E-state index in [0.29, 0.717) is 17.7 Å². The predicted molar refractivity (Wildman–Crippen MR) is 90.1 cm³/mol. The van der Waals surface area contributed by atoms with Gasteiger partial charge in [0.2, 0.25) is 0 Å². The molecule has 1 aliphatic rings. The Labute approximate surface area is 151 Å². The van der Waals surface area contributed by atoms with Crippen LogP contribution in [0.4, 0.5) is 20.3 Å². The second-order valence-corrected chi connectivity index (χ2v) is 5.74. The number of halogens is 2. The van der Waals surface area contributed by atoms with Gasteiger partial charge in [-0.2, -0.15) is 5.10 Å². The quantitative estimate of drug-likeness (QED) is 0.664. The van der Waals surface area contributed by atoms with Gasteiger partial charge in [0, 0.05) is 6.20 Å². The molecule has 0 bridgehead atoms. The van der Waals surface area contributed by atoms with Crippen molar-refractivity contribution in [2.45, 2.75) is 13.1 Å². The SMILES string of the molecule is O=CCn1cc(Nc2nc(-c3c(F)cccc3F)nc3c2C(=O)NC3)cn1. The number of benzene rings is 1. The summed E-state index contributed by atoms with van der Waals surface area (Å²) in [5.41, 5.74) is 0.603. The Morgan fingerprint density at radius 2 is 2.00 bits per heavy atom. The Kier molecular flexibility index (Phi) is 4.07. The van der Waals surface area contributed by atoms with Gasteiger partial charge in [-0.1, -0.05) is 6.07 Å². The Morgan fingerprint density at radius 1 is 1.22 bits per heavy atom. The Balaban J connectivity index is 1.81. The first-order valence-electron chi connectivity index (χ1n) is 7.93. The summed E-state index contributed by atoms with van der Waals surface area (Å²) in [4.78, 5) is 31.0. The van der Waals surface area contributed by atoms with Crippen molar-refractivity contribution in [3.8, 4) is 11.4 Å². The fourth-order valence-corrected chi connectivity index (χ4v) is 2.78. The monoisotopic (exact) mass is 370 g/mol. The average molecular weight is 370 g/mol. The molecule has 3 aromatic rings. The maximum Gasteiger partial charge on any atom is 0.257 e. The zero-order valence-electron chi connectivity index (χ0n) is 13.7. The molecule has 136 valence electrons. The molecular formula is C17H12F2N6O2. The van der Waals surface area contributed by atoms with E-state index in [-0.39, 0.29) is 35.9 Å². The third kappa shape index (κ3) is 3.01. The molecule has 0 saturated carbocycles. The van der Waals surface area contributed by atoms with Gasteiger partial charge in [-0.25, -0.2) is 18.7 Å². The number of rotatable bonds is 5. The van der Waals surface area contributed by atoms with Crippen LogP contribution in [0.1, 0.15) is 16.1 Å². The second-order valence-electron chi connectivity index (χ2n) is 5.74. The molecule has 1 aliphatic heterocycles. The summed E-state index contributed by atoms with van der Waals surface area (Å²) in [6, 6.07) is 3.46. The molecule has 4 rings (SSSR count). The van der Waals surface area contributed by atoms with Crippen LogP contribution in [0.3, 0.4) is 0 Å². The number of carbonyl (C=O) groups is 2. The molecule has 1 aromatic carbocycles. The third-order valence-electron chi connectivity index (χ3n) is 3.97. The minimum atomic E-state index is -0.808. The normalized spacial score (nSPS) is 12.6. The van der Waals surface area contributed by atoms with Crippen LogP contribution in [0.25, 0.3) is 11.4 Å². The molecule has 0 saturated heterocycles. The minimum Gasteiger partial charge on any atom is -0.346 e. The molecule has 2 N–H and O–H groups in total.